The van der Waals surface area contributed by atoms with E-state index in [2.05, 4.69) is 5.32 Å². The summed E-state index contributed by atoms with van der Waals surface area (Å²) in [4.78, 5) is 13.3. The monoisotopic (exact) mass is 305 g/mol. The number of amides is 1. The first kappa shape index (κ1) is 14.1. The minimum Gasteiger partial charge on any atom is -0.493 e. The molecule has 0 radical (unpaired) electrons. The van der Waals surface area contributed by atoms with Crippen LogP contribution >= 0.6 is 11.3 Å². The number of hydrogen-bond donors (Lipinski definition) is 1. The normalized spacial score (nSPS) is 16.9. The summed E-state index contributed by atoms with van der Waals surface area (Å²) in [5.41, 5.74) is 0.728. The molecule has 1 aliphatic rings. The SMILES string of the molecule is O=C(CCc1cccs1)NC1CCOc2ccc(F)cc21. The van der Waals surface area contributed by atoms with Gasteiger partial charge in [-0.3, -0.25) is 4.79 Å². The highest BCUT2D eigenvalue weighted by molar-refractivity contribution is 7.09. The van der Waals surface area contributed by atoms with Gasteiger partial charge in [0.1, 0.15) is 11.6 Å². The topological polar surface area (TPSA) is 38.3 Å². The third-order valence-electron chi connectivity index (χ3n) is 3.53. The van der Waals surface area contributed by atoms with E-state index in [0.717, 1.165) is 12.0 Å². The average molecular weight is 305 g/mol. The van der Waals surface area contributed by atoms with Crippen LogP contribution in [0.25, 0.3) is 0 Å². The fraction of sp³-hybridized carbons (Fsp3) is 0.312. The zero-order valence-corrected chi connectivity index (χ0v) is 12.3. The molecule has 3 rings (SSSR count). The maximum Gasteiger partial charge on any atom is 0.220 e. The summed E-state index contributed by atoms with van der Waals surface area (Å²) in [5, 5.41) is 4.99. The Labute approximate surface area is 126 Å². The van der Waals surface area contributed by atoms with Crippen LogP contribution in [-0.2, 0) is 11.2 Å². The van der Waals surface area contributed by atoms with Crippen LogP contribution in [0.3, 0.4) is 0 Å². The summed E-state index contributed by atoms with van der Waals surface area (Å²) >= 11 is 1.65. The summed E-state index contributed by atoms with van der Waals surface area (Å²) in [6.07, 6.45) is 1.85. The van der Waals surface area contributed by atoms with Gasteiger partial charge >= 0.3 is 0 Å². The fourth-order valence-corrected chi connectivity index (χ4v) is 3.18. The molecule has 1 aromatic heterocycles. The van der Waals surface area contributed by atoms with Crippen molar-refractivity contribution in [3.63, 3.8) is 0 Å². The van der Waals surface area contributed by atoms with E-state index in [9.17, 15) is 9.18 Å². The van der Waals surface area contributed by atoms with Crippen LogP contribution in [0, 0.1) is 5.82 Å². The first-order chi connectivity index (χ1) is 10.2. The summed E-state index contributed by atoms with van der Waals surface area (Å²) < 4.78 is 18.9. The van der Waals surface area contributed by atoms with Gasteiger partial charge in [-0.15, -0.1) is 11.3 Å². The van der Waals surface area contributed by atoms with Crippen molar-refractivity contribution in [1.82, 2.24) is 5.32 Å². The van der Waals surface area contributed by atoms with Crippen molar-refractivity contribution in [2.45, 2.75) is 25.3 Å². The van der Waals surface area contributed by atoms with Crippen molar-refractivity contribution in [3.05, 3.63) is 52.0 Å². The maximum absolute atomic E-state index is 13.4. The van der Waals surface area contributed by atoms with Crippen LogP contribution in [0.15, 0.2) is 35.7 Å². The van der Waals surface area contributed by atoms with E-state index in [-0.39, 0.29) is 17.8 Å². The number of ether oxygens (including phenoxy) is 1. The molecule has 0 aliphatic carbocycles. The highest BCUT2D eigenvalue weighted by atomic mass is 32.1. The third kappa shape index (κ3) is 3.42. The number of halogens is 1. The number of aryl methyl sites for hydroxylation is 1. The molecule has 1 N–H and O–H groups in total. The molecule has 0 bridgehead atoms. The van der Waals surface area contributed by atoms with Gasteiger partial charge in [0.2, 0.25) is 5.91 Å². The largest absolute Gasteiger partial charge is 0.493 e. The molecule has 1 unspecified atom stereocenters. The van der Waals surface area contributed by atoms with Gasteiger partial charge in [0.05, 0.1) is 12.6 Å². The van der Waals surface area contributed by atoms with E-state index < -0.39 is 0 Å². The molecule has 5 heteroatoms. The van der Waals surface area contributed by atoms with Crippen molar-refractivity contribution in [3.8, 4) is 5.75 Å². The van der Waals surface area contributed by atoms with Crippen molar-refractivity contribution < 1.29 is 13.9 Å². The maximum atomic E-state index is 13.4. The van der Waals surface area contributed by atoms with Crippen LogP contribution in [0.2, 0.25) is 0 Å². The minimum atomic E-state index is -0.308. The van der Waals surface area contributed by atoms with Crippen LogP contribution in [-0.4, -0.2) is 12.5 Å². The molecule has 0 spiro atoms. The smallest absolute Gasteiger partial charge is 0.220 e. The Morgan fingerprint density at radius 3 is 3.14 bits per heavy atom. The highest BCUT2D eigenvalue weighted by Crippen LogP contribution is 2.32. The lowest BCUT2D eigenvalue weighted by Gasteiger charge is -2.26. The van der Waals surface area contributed by atoms with Gasteiger partial charge in [-0.25, -0.2) is 4.39 Å². The van der Waals surface area contributed by atoms with E-state index >= 15 is 0 Å². The van der Waals surface area contributed by atoms with E-state index in [1.165, 1.54) is 17.0 Å². The molecular formula is C16H16FNO2S. The number of hydrogen-bond acceptors (Lipinski definition) is 3. The molecule has 0 fully saturated rings. The van der Waals surface area contributed by atoms with Crippen LogP contribution in [0.4, 0.5) is 4.39 Å². The molecule has 1 aromatic carbocycles. The van der Waals surface area contributed by atoms with Gasteiger partial charge in [-0.2, -0.15) is 0 Å². The standard InChI is InChI=1S/C16H16FNO2S/c17-11-3-5-15-13(10-11)14(7-8-20-15)18-16(19)6-4-12-2-1-9-21-12/h1-3,5,9-10,14H,4,6-8H2,(H,18,19). The molecule has 1 atom stereocenters. The first-order valence-electron chi connectivity index (χ1n) is 6.96. The van der Waals surface area contributed by atoms with E-state index in [4.69, 9.17) is 4.74 Å². The Bertz CT molecular complexity index is 627. The Morgan fingerprint density at radius 1 is 1.43 bits per heavy atom. The lowest BCUT2D eigenvalue weighted by atomic mass is 10.00. The van der Waals surface area contributed by atoms with Crippen LogP contribution in [0.1, 0.15) is 29.3 Å². The third-order valence-corrected chi connectivity index (χ3v) is 4.46. The number of rotatable bonds is 4. The number of nitrogens with one attached hydrogen (secondary N) is 1. The number of carbonyl (C=O) groups excluding carboxylic acids is 1. The second-order valence-corrected chi connectivity index (χ2v) is 6.05. The summed E-state index contributed by atoms with van der Waals surface area (Å²) in [6, 6.07) is 8.28. The summed E-state index contributed by atoms with van der Waals surface area (Å²) in [5.74, 6) is 0.341. The van der Waals surface area contributed by atoms with E-state index in [0.29, 0.717) is 25.2 Å². The second-order valence-electron chi connectivity index (χ2n) is 5.02. The Kier molecular flexibility index (Phi) is 4.20. The summed E-state index contributed by atoms with van der Waals surface area (Å²) in [7, 11) is 0. The van der Waals surface area contributed by atoms with Gasteiger partial charge in [-0.1, -0.05) is 6.07 Å². The molecule has 2 heterocycles. The minimum absolute atomic E-state index is 0.00879. The van der Waals surface area contributed by atoms with Crippen LogP contribution < -0.4 is 10.1 Å². The molecule has 21 heavy (non-hydrogen) atoms. The molecule has 2 aromatic rings. The molecule has 0 saturated heterocycles. The molecule has 110 valence electrons. The molecule has 3 nitrogen and oxygen atoms in total. The van der Waals surface area contributed by atoms with Gasteiger partial charge in [-0.05, 0) is 36.1 Å². The predicted molar refractivity (Wildman–Crippen MR) is 80.0 cm³/mol. The molecular weight excluding hydrogens is 289 g/mol. The first-order valence-corrected chi connectivity index (χ1v) is 7.84. The zero-order chi connectivity index (χ0) is 14.7. The van der Waals surface area contributed by atoms with Crippen molar-refractivity contribution in [1.29, 1.82) is 0 Å². The van der Waals surface area contributed by atoms with Gasteiger partial charge in [0.25, 0.3) is 0 Å². The lowest BCUT2D eigenvalue weighted by Crippen LogP contribution is -2.32. The predicted octanol–water partition coefficient (Wildman–Crippen LogP) is 3.46. The Morgan fingerprint density at radius 2 is 2.33 bits per heavy atom. The second kappa shape index (κ2) is 6.26. The van der Waals surface area contributed by atoms with Gasteiger partial charge in [0, 0.05) is 23.3 Å². The molecule has 0 saturated carbocycles. The number of thiophene rings is 1. The van der Waals surface area contributed by atoms with Gasteiger partial charge in [0.15, 0.2) is 0 Å². The zero-order valence-electron chi connectivity index (χ0n) is 11.5. The van der Waals surface area contributed by atoms with E-state index in [1.54, 1.807) is 17.4 Å². The molecule has 1 amide bonds. The van der Waals surface area contributed by atoms with Crippen LogP contribution in [0.5, 0.6) is 5.75 Å². The van der Waals surface area contributed by atoms with Crippen molar-refractivity contribution in [2.24, 2.45) is 0 Å². The van der Waals surface area contributed by atoms with Crippen molar-refractivity contribution in [2.75, 3.05) is 6.61 Å². The van der Waals surface area contributed by atoms with E-state index in [1.807, 2.05) is 17.5 Å². The van der Waals surface area contributed by atoms with Gasteiger partial charge < -0.3 is 10.1 Å². The molecule has 1 aliphatic heterocycles. The van der Waals surface area contributed by atoms with Crippen molar-refractivity contribution >= 4 is 17.2 Å². The lowest BCUT2D eigenvalue weighted by molar-refractivity contribution is -0.122. The fourth-order valence-electron chi connectivity index (χ4n) is 2.47. The highest BCUT2D eigenvalue weighted by Gasteiger charge is 2.23. The number of carbonyl (C=O) groups is 1. The average Bonchev–Trinajstić information content (AvgIpc) is 2.99. The Hall–Kier alpha value is -1.88. The number of fused-ring (bicyclic) bond motifs is 1. The quantitative estimate of drug-likeness (QED) is 0.939. The number of benzene rings is 1. The Balaban J connectivity index is 1.63. The summed E-state index contributed by atoms with van der Waals surface area (Å²) in [6.45, 7) is 0.536.